The number of aromatic nitrogens is 1. The lowest BCUT2D eigenvalue weighted by molar-refractivity contribution is -0.161. The Balaban J connectivity index is 2.55. The van der Waals surface area contributed by atoms with Crippen molar-refractivity contribution in [1.29, 1.82) is 0 Å². The predicted molar refractivity (Wildman–Crippen MR) is 48.7 cm³/mol. The van der Waals surface area contributed by atoms with Gasteiger partial charge < -0.3 is 10.2 Å². The minimum atomic E-state index is -1.73. The van der Waals surface area contributed by atoms with Crippen molar-refractivity contribution in [1.82, 2.24) is 4.98 Å². The smallest absolute Gasteiger partial charge is 0.340 e. The molecule has 74 valence electrons. The van der Waals surface area contributed by atoms with Crippen LogP contribution in [0.4, 0.5) is 0 Å². The lowest BCUT2D eigenvalue weighted by Crippen LogP contribution is -2.38. The molecule has 0 saturated carbocycles. The summed E-state index contributed by atoms with van der Waals surface area (Å²) in [6, 6.07) is 1.77. The van der Waals surface area contributed by atoms with Crippen molar-refractivity contribution < 1.29 is 15.0 Å². The summed E-state index contributed by atoms with van der Waals surface area (Å²) in [5.74, 6) is -1.19. The van der Waals surface area contributed by atoms with Gasteiger partial charge in [-0.2, -0.15) is 0 Å². The van der Waals surface area contributed by atoms with E-state index in [9.17, 15) is 9.90 Å². The largest absolute Gasteiger partial charge is 0.479 e. The topological polar surface area (TPSA) is 70.4 Å². The second-order valence-corrected chi connectivity index (χ2v) is 3.55. The van der Waals surface area contributed by atoms with Crippen LogP contribution < -0.4 is 0 Å². The van der Waals surface area contributed by atoms with Crippen LogP contribution in [0.3, 0.4) is 0 Å². The highest BCUT2D eigenvalue weighted by molar-refractivity contribution is 5.79. The number of aliphatic carboxylic acids is 1. The molecule has 0 bridgehead atoms. The number of nitrogens with zero attached hydrogens (tertiary/aromatic N) is 1. The molecule has 0 spiro atoms. The van der Waals surface area contributed by atoms with Gasteiger partial charge >= 0.3 is 5.97 Å². The van der Waals surface area contributed by atoms with Crippen molar-refractivity contribution in [3.8, 4) is 0 Å². The van der Waals surface area contributed by atoms with Crippen molar-refractivity contribution in [3.63, 3.8) is 0 Å². The van der Waals surface area contributed by atoms with E-state index < -0.39 is 11.6 Å². The van der Waals surface area contributed by atoms with E-state index in [0.29, 0.717) is 12.0 Å². The second kappa shape index (κ2) is 3.06. The normalized spacial score (nSPS) is 25.5. The molecule has 4 heteroatoms. The fraction of sp³-hybridized carbons (Fsp3) is 0.400. The number of aryl methyl sites for hydroxylation is 1. The van der Waals surface area contributed by atoms with Crippen LogP contribution in [-0.4, -0.2) is 21.2 Å². The van der Waals surface area contributed by atoms with E-state index in [0.717, 1.165) is 12.0 Å². The Bertz CT molecular complexity index is 377. The predicted octanol–water partition coefficient (Wildman–Crippen LogP) is 0.690. The van der Waals surface area contributed by atoms with E-state index in [1.54, 1.807) is 12.3 Å². The van der Waals surface area contributed by atoms with Gasteiger partial charge in [0.05, 0.1) is 0 Å². The van der Waals surface area contributed by atoms with Crippen LogP contribution in [0.25, 0.3) is 0 Å². The molecule has 2 rings (SSSR count). The van der Waals surface area contributed by atoms with Crippen molar-refractivity contribution in [3.05, 3.63) is 29.6 Å². The standard InChI is InChI=1S/C10H11NO3/c12-9(13)10(14)4-1-2-7-3-5-11-6-8(7)10/h3,5-6,14H,1-2,4H2,(H,12,13). The lowest BCUT2D eigenvalue weighted by Gasteiger charge is -2.29. The van der Waals surface area contributed by atoms with E-state index >= 15 is 0 Å². The molecule has 1 aromatic heterocycles. The van der Waals surface area contributed by atoms with Crippen LogP contribution in [0, 0.1) is 0 Å². The molecular formula is C10H11NO3. The van der Waals surface area contributed by atoms with Crippen LogP contribution in [0.15, 0.2) is 18.5 Å². The highest BCUT2D eigenvalue weighted by Crippen LogP contribution is 2.34. The Kier molecular flexibility index (Phi) is 2.00. The van der Waals surface area contributed by atoms with E-state index in [2.05, 4.69) is 4.98 Å². The molecule has 1 heterocycles. The first-order valence-electron chi connectivity index (χ1n) is 4.54. The van der Waals surface area contributed by atoms with Crippen molar-refractivity contribution in [2.24, 2.45) is 0 Å². The molecule has 2 N–H and O–H groups in total. The zero-order valence-electron chi connectivity index (χ0n) is 7.60. The third-order valence-corrected chi connectivity index (χ3v) is 2.70. The van der Waals surface area contributed by atoms with Gasteiger partial charge in [0.2, 0.25) is 0 Å². The van der Waals surface area contributed by atoms with Gasteiger partial charge in [0.1, 0.15) is 0 Å². The third kappa shape index (κ3) is 1.19. The number of carboxylic acid groups (broad SMARTS) is 1. The zero-order chi connectivity index (χ0) is 10.2. The molecule has 14 heavy (non-hydrogen) atoms. The molecule has 1 aliphatic carbocycles. The monoisotopic (exact) mass is 193 g/mol. The van der Waals surface area contributed by atoms with Crippen LogP contribution in [-0.2, 0) is 16.8 Å². The van der Waals surface area contributed by atoms with Gasteiger partial charge in [-0.3, -0.25) is 4.98 Å². The fourth-order valence-corrected chi connectivity index (χ4v) is 1.91. The number of fused-ring (bicyclic) bond motifs is 1. The maximum absolute atomic E-state index is 11.0. The van der Waals surface area contributed by atoms with Crippen molar-refractivity contribution in [2.75, 3.05) is 0 Å². The minimum absolute atomic E-state index is 0.265. The summed E-state index contributed by atoms with van der Waals surface area (Å²) in [5, 5.41) is 18.9. The van der Waals surface area contributed by atoms with Crippen LogP contribution >= 0.6 is 0 Å². The van der Waals surface area contributed by atoms with E-state index in [1.807, 2.05) is 0 Å². The highest BCUT2D eigenvalue weighted by atomic mass is 16.4. The van der Waals surface area contributed by atoms with E-state index in [4.69, 9.17) is 5.11 Å². The summed E-state index contributed by atoms with van der Waals surface area (Å²) < 4.78 is 0. The summed E-state index contributed by atoms with van der Waals surface area (Å²) in [6.07, 6.45) is 4.84. The SMILES string of the molecule is O=C(O)C1(O)CCCc2ccncc21. The Hall–Kier alpha value is -1.42. The number of pyridine rings is 1. The average Bonchev–Trinajstić information content (AvgIpc) is 2.18. The van der Waals surface area contributed by atoms with Gasteiger partial charge in [-0.1, -0.05) is 0 Å². The molecule has 0 saturated heterocycles. The number of carboxylic acids is 1. The van der Waals surface area contributed by atoms with Gasteiger partial charge in [0.15, 0.2) is 5.60 Å². The van der Waals surface area contributed by atoms with Gasteiger partial charge in [0.25, 0.3) is 0 Å². The molecular weight excluding hydrogens is 182 g/mol. The van der Waals surface area contributed by atoms with Gasteiger partial charge in [-0.25, -0.2) is 4.79 Å². The summed E-state index contributed by atoms with van der Waals surface area (Å²) in [4.78, 5) is 14.8. The summed E-state index contributed by atoms with van der Waals surface area (Å²) in [7, 11) is 0. The fourth-order valence-electron chi connectivity index (χ4n) is 1.91. The van der Waals surface area contributed by atoms with Gasteiger partial charge in [0, 0.05) is 18.0 Å². The Labute approximate surface area is 81.2 Å². The first-order chi connectivity index (χ1) is 6.64. The summed E-state index contributed by atoms with van der Waals surface area (Å²) in [5.41, 5.74) is -0.406. The van der Waals surface area contributed by atoms with E-state index in [1.165, 1.54) is 6.20 Å². The summed E-state index contributed by atoms with van der Waals surface area (Å²) in [6.45, 7) is 0. The Morgan fingerprint density at radius 3 is 3.07 bits per heavy atom. The number of hydrogen-bond donors (Lipinski definition) is 2. The molecule has 1 aliphatic rings. The molecule has 0 aromatic carbocycles. The second-order valence-electron chi connectivity index (χ2n) is 3.55. The Morgan fingerprint density at radius 1 is 1.57 bits per heavy atom. The maximum atomic E-state index is 11.0. The maximum Gasteiger partial charge on any atom is 0.340 e. The molecule has 1 aromatic rings. The van der Waals surface area contributed by atoms with Gasteiger partial charge in [-0.15, -0.1) is 0 Å². The lowest BCUT2D eigenvalue weighted by atomic mass is 9.80. The van der Waals surface area contributed by atoms with E-state index in [-0.39, 0.29) is 6.42 Å². The van der Waals surface area contributed by atoms with Crippen LogP contribution in [0.5, 0.6) is 0 Å². The number of aliphatic hydroxyl groups is 1. The number of carbonyl (C=O) groups is 1. The highest BCUT2D eigenvalue weighted by Gasteiger charge is 2.41. The van der Waals surface area contributed by atoms with Crippen molar-refractivity contribution >= 4 is 5.97 Å². The van der Waals surface area contributed by atoms with Crippen LogP contribution in [0.2, 0.25) is 0 Å². The van der Waals surface area contributed by atoms with Crippen molar-refractivity contribution in [2.45, 2.75) is 24.9 Å². The number of hydrogen-bond acceptors (Lipinski definition) is 3. The Morgan fingerprint density at radius 2 is 2.36 bits per heavy atom. The molecule has 4 nitrogen and oxygen atoms in total. The molecule has 0 fully saturated rings. The molecule has 0 amide bonds. The average molecular weight is 193 g/mol. The number of rotatable bonds is 1. The molecule has 0 aliphatic heterocycles. The third-order valence-electron chi connectivity index (χ3n) is 2.70. The first kappa shape index (κ1) is 9.15. The molecule has 1 atom stereocenters. The first-order valence-corrected chi connectivity index (χ1v) is 4.54. The van der Waals surface area contributed by atoms with Crippen LogP contribution in [0.1, 0.15) is 24.0 Å². The van der Waals surface area contributed by atoms with Gasteiger partial charge in [-0.05, 0) is 30.9 Å². The summed E-state index contributed by atoms with van der Waals surface area (Å²) >= 11 is 0. The quantitative estimate of drug-likeness (QED) is 0.688. The molecule has 0 radical (unpaired) electrons. The minimum Gasteiger partial charge on any atom is -0.479 e. The molecule has 1 unspecified atom stereocenters. The zero-order valence-corrected chi connectivity index (χ0v) is 7.60.